The molecule has 1 aliphatic rings. The number of hydrogen-bond acceptors (Lipinski definition) is 2. The molecule has 78 valence electrons. The standard InChI is InChI=1S/C11H12N2OS/c12-11(15)8-3-1-4-9(7-8)13-6-2-5-10(13)14/h1,3-4,7H,2,5-6H2,(H2,12,15). The van der Waals surface area contributed by atoms with E-state index < -0.39 is 0 Å². The lowest BCUT2D eigenvalue weighted by Crippen LogP contribution is -2.24. The van der Waals surface area contributed by atoms with Crippen LogP contribution in [0.15, 0.2) is 24.3 Å². The fourth-order valence-corrected chi connectivity index (χ4v) is 1.88. The van der Waals surface area contributed by atoms with E-state index in [1.807, 2.05) is 24.3 Å². The van der Waals surface area contributed by atoms with Crippen molar-refractivity contribution < 1.29 is 4.79 Å². The van der Waals surface area contributed by atoms with Gasteiger partial charge in [0, 0.05) is 24.2 Å². The summed E-state index contributed by atoms with van der Waals surface area (Å²) >= 11 is 4.90. The maximum Gasteiger partial charge on any atom is 0.227 e. The lowest BCUT2D eigenvalue weighted by Gasteiger charge is -2.16. The Hall–Kier alpha value is -1.42. The molecule has 1 heterocycles. The fraction of sp³-hybridized carbons (Fsp3) is 0.273. The SMILES string of the molecule is NC(=S)c1cccc(N2CCCC2=O)c1. The molecule has 0 radical (unpaired) electrons. The number of hydrogen-bond donors (Lipinski definition) is 1. The largest absolute Gasteiger partial charge is 0.389 e. The summed E-state index contributed by atoms with van der Waals surface area (Å²) in [6.07, 6.45) is 1.56. The highest BCUT2D eigenvalue weighted by atomic mass is 32.1. The predicted octanol–water partition coefficient (Wildman–Crippen LogP) is 1.45. The highest BCUT2D eigenvalue weighted by Crippen LogP contribution is 2.22. The molecule has 0 saturated carbocycles. The van der Waals surface area contributed by atoms with Gasteiger partial charge in [-0.2, -0.15) is 0 Å². The molecule has 1 aromatic carbocycles. The van der Waals surface area contributed by atoms with Crippen LogP contribution in [0.2, 0.25) is 0 Å². The smallest absolute Gasteiger partial charge is 0.227 e. The van der Waals surface area contributed by atoms with Gasteiger partial charge in [-0.3, -0.25) is 4.79 Å². The molecule has 2 rings (SSSR count). The Kier molecular flexibility index (Phi) is 2.68. The van der Waals surface area contributed by atoms with Crippen molar-refractivity contribution in [2.45, 2.75) is 12.8 Å². The van der Waals surface area contributed by atoms with Gasteiger partial charge in [-0.15, -0.1) is 0 Å². The second kappa shape index (κ2) is 3.98. The number of carbonyl (C=O) groups is 1. The van der Waals surface area contributed by atoms with Gasteiger partial charge in [-0.05, 0) is 18.6 Å². The molecule has 0 unspecified atom stereocenters. The first-order valence-electron chi connectivity index (χ1n) is 4.89. The average molecular weight is 220 g/mol. The van der Waals surface area contributed by atoms with E-state index in [2.05, 4.69) is 0 Å². The molecule has 1 fully saturated rings. The zero-order chi connectivity index (χ0) is 10.8. The maximum atomic E-state index is 11.5. The summed E-state index contributed by atoms with van der Waals surface area (Å²) < 4.78 is 0. The van der Waals surface area contributed by atoms with Gasteiger partial charge in [0.25, 0.3) is 0 Å². The van der Waals surface area contributed by atoms with Crippen LogP contribution in [0.1, 0.15) is 18.4 Å². The monoisotopic (exact) mass is 220 g/mol. The van der Waals surface area contributed by atoms with Crippen LogP contribution in [0.3, 0.4) is 0 Å². The van der Waals surface area contributed by atoms with Gasteiger partial charge in [0.05, 0.1) is 0 Å². The van der Waals surface area contributed by atoms with Crippen molar-refractivity contribution in [3.05, 3.63) is 29.8 Å². The van der Waals surface area contributed by atoms with Gasteiger partial charge < -0.3 is 10.6 Å². The van der Waals surface area contributed by atoms with Crippen molar-refractivity contribution in [2.75, 3.05) is 11.4 Å². The number of carbonyl (C=O) groups excluding carboxylic acids is 1. The van der Waals surface area contributed by atoms with Crippen LogP contribution in [0.5, 0.6) is 0 Å². The van der Waals surface area contributed by atoms with E-state index in [0.717, 1.165) is 24.2 Å². The molecule has 0 atom stereocenters. The second-order valence-electron chi connectivity index (χ2n) is 3.56. The Balaban J connectivity index is 2.32. The van der Waals surface area contributed by atoms with E-state index in [1.54, 1.807) is 4.90 Å². The van der Waals surface area contributed by atoms with Crippen molar-refractivity contribution in [3.63, 3.8) is 0 Å². The van der Waals surface area contributed by atoms with Crippen LogP contribution in [0, 0.1) is 0 Å². The lowest BCUT2D eigenvalue weighted by atomic mass is 10.2. The fourth-order valence-electron chi connectivity index (χ4n) is 1.75. The molecule has 0 aromatic heterocycles. The van der Waals surface area contributed by atoms with E-state index in [0.29, 0.717) is 11.4 Å². The number of amides is 1. The summed E-state index contributed by atoms with van der Waals surface area (Å²) in [7, 11) is 0. The molecule has 4 heteroatoms. The van der Waals surface area contributed by atoms with Crippen molar-refractivity contribution in [1.29, 1.82) is 0 Å². The summed E-state index contributed by atoms with van der Waals surface area (Å²) in [5.74, 6) is 0.176. The van der Waals surface area contributed by atoms with Crippen molar-refractivity contribution in [1.82, 2.24) is 0 Å². The van der Waals surface area contributed by atoms with Gasteiger partial charge in [0.1, 0.15) is 4.99 Å². The maximum absolute atomic E-state index is 11.5. The van der Waals surface area contributed by atoms with Crippen LogP contribution in [-0.4, -0.2) is 17.4 Å². The minimum atomic E-state index is 0.176. The first-order chi connectivity index (χ1) is 7.18. The van der Waals surface area contributed by atoms with E-state index in [4.69, 9.17) is 18.0 Å². The zero-order valence-electron chi connectivity index (χ0n) is 8.27. The summed E-state index contributed by atoms with van der Waals surface area (Å²) in [6.45, 7) is 0.791. The Morgan fingerprint density at radius 2 is 2.27 bits per heavy atom. The third-order valence-electron chi connectivity index (χ3n) is 2.52. The number of benzene rings is 1. The first kappa shape index (κ1) is 10.1. The summed E-state index contributed by atoms with van der Waals surface area (Å²) in [5, 5.41) is 0. The zero-order valence-corrected chi connectivity index (χ0v) is 9.09. The molecule has 0 spiro atoms. The van der Waals surface area contributed by atoms with Crippen LogP contribution >= 0.6 is 12.2 Å². The molecule has 0 aliphatic carbocycles. The third kappa shape index (κ3) is 1.99. The highest BCUT2D eigenvalue weighted by Gasteiger charge is 2.21. The number of anilines is 1. The van der Waals surface area contributed by atoms with E-state index in [9.17, 15) is 4.79 Å². The van der Waals surface area contributed by atoms with E-state index in [-0.39, 0.29) is 5.91 Å². The number of rotatable bonds is 2. The van der Waals surface area contributed by atoms with E-state index in [1.165, 1.54) is 0 Å². The van der Waals surface area contributed by atoms with Crippen LogP contribution < -0.4 is 10.6 Å². The molecule has 1 aromatic rings. The van der Waals surface area contributed by atoms with Crippen molar-refractivity contribution in [2.24, 2.45) is 5.73 Å². The molecule has 1 aliphatic heterocycles. The Morgan fingerprint density at radius 3 is 2.87 bits per heavy atom. The molecule has 2 N–H and O–H groups in total. The number of nitrogens with two attached hydrogens (primary N) is 1. The van der Waals surface area contributed by atoms with Gasteiger partial charge >= 0.3 is 0 Å². The normalized spacial score (nSPS) is 15.7. The summed E-state index contributed by atoms with van der Waals surface area (Å²) in [6, 6.07) is 7.50. The van der Waals surface area contributed by atoms with Gasteiger partial charge in [0.2, 0.25) is 5.91 Å². The Labute approximate surface area is 93.9 Å². The first-order valence-corrected chi connectivity index (χ1v) is 5.29. The highest BCUT2D eigenvalue weighted by molar-refractivity contribution is 7.80. The van der Waals surface area contributed by atoms with Crippen LogP contribution in [-0.2, 0) is 4.79 Å². The van der Waals surface area contributed by atoms with E-state index >= 15 is 0 Å². The van der Waals surface area contributed by atoms with Gasteiger partial charge in [-0.1, -0.05) is 24.4 Å². The molecule has 0 bridgehead atoms. The molecule has 15 heavy (non-hydrogen) atoms. The second-order valence-corrected chi connectivity index (χ2v) is 4.00. The predicted molar refractivity (Wildman–Crippen MR) is 63.9 cm³/mol. The number of nitrogens with zero attached hydrogens (tertiary/aromatic N) is 1. The summed E-state index contributed by atoms with van der Waals surface area (Å²) in [4.78, 5) is 13.7. The van der Waals surface area contributed by atoms with Crippen molar-refractivity contribution >= 4 is 28.8 Å². The van der Waals surface area contributed by atoms with Gasteiger partial charge in [0.15, 0.2) is 0 Å². The molecule has 1 saturated heterocycles. The molecular formula is C11H12N2OS. The topological polar surface area (TPSA) is 46.3 Å². The minimum Gasteiger partial charge on any atom is -0.389 e. The summed E-state index contributed by atoms with van der Waals surface area (Å²) in [5.41, 5.74) is 7.24. The molecule has 3 nitrogen and oxygen atoms in total. The number of thiocarbonyl (C=S) groups is 1. The Morgan fingerprint density at radius 1 is 1.47 bits per heavy atom. The van der Waals surface area contributed by atoms with Crippen molar-refractivity contribution in [3.8, 4) is 0 Å². The quantitative estimate of drug-likeness (QED) is 0.767. The van der Waals surface area contributed by atoms with Crippen LogP contribution in [0.4, 0.5) is 5.69 Å². The van der Waals surface area contributed by atoms with Gasteiger partial charge in [-0.25, -0.2) is 0 Å². The Bertz CT molecular complexity index is 417. The molecular weight excluding hydrogens is 208 g/mol. The van der Waals surface area contributed by atoms with Crippen LogP contribution in [0.25, 0.3) is 0 Å². The third-order valence-corrected chi connectivity index (χ3v) is 2.75. The lowest BCUT2D eigenvalue weighted by molar-refractivity contribution is -0.117. The average Bonchev–Trinajstić information content (AvgIpc) is 2.64. The molecule has 1 amide bonds. The minimum absolute atomic E-state index is 0.176.